The molecule has 0 heterocycles. The highest BCUT2D eigenvalue weighted by Gasteiger charge is 2.06. The van der Waals surface area contributed by atoms with E-state index in [4.69, 9.17) is 4.74 Å². The Balaban J connectivity index is 0. The van der Waals surface area contributed by atoms with E-state index in [1.165, 1.54) is 7.11 Å². The standard InChI is InChI=1S/C8H14O2.C4H6O2/c1-5-7(4)10-8(9)6(2)3;1-3-4(5)6-2/h7H,2,5H2,1,3-4H3;3H,1H2,2H3. The molecule has 0 aromatic carbocycles. The molecule has 1 unspecified atom stereocenters. The van der Waals surface area contributed by atoms with Crippen LogP contribution in [0.1, 0.15) is 27.2 Å². The van der Waals surface area contributed by atoms with Gasteiger partial charge in [-0.25, -0.2) is 9.59 Å². The third kappa shape index (κ3) is 10.5. The summed E-state index contributed by atoms with van der Waals surface area (Å²) in [5.74, 6) is -0.690. The van der Waals surface area contributed by atoms with Gasteiger partial charge in [0.1, 0.15) is 0 Å². The molecule has 0 N–H and O–H groups in total. The zero-order valence-corrected chi connectivity index (χ0v) is 10.4. The Morgan fingerprint density at radius 1 is 1.44 bits per heavy atom. The lowest BCUT2D eigenvalue weighted by Crippen LogP contribution is -2.13. The van der Waals surface area contributed by atoms with Crippen molar-refractivity contribution in [3.05, 3.63) is 24.8 Å². The number of hydrogen-bond acceptors (Lipinski definition) is 4. The van der Waals surface area contributed by atoms with Crippen LogP contribution in [0.4, 0.5) is 0 Å². The van der Waals surface area contributed by atoms with Crippen molar-refractivity contribution in [3.8, 4) is 0 Å². The topological polar surface area (TPSA) is 52.6 Å². The minimum Gasteiger partial charge on any atom is -0.466 e. The van der Waals surface area contributed by atoms with Crippen LogP contribution >= 0.6 is 0 Å². The summed E-state index contributed by atoms with van der Waals surface area (Å²) in [7, 11) is 1.31. The number of methoxy groups -OCH3 is 1. The van der Waals surface area contributed by atoms with Crippen molar-refractivity contribution < 1.29 is 19.1 Å². The Morgan fingerprint density at radius 2 is 1.94 bits per heavy atom. The van der Waals surface area contributed by atoms with Crippen molar-refractivity contribution in [1.29, 1.82) is 0 Å². The number of ether oxygens (including phenoxy) is 2. The summed E-state index contributed by atoms with van der Waals surface area (Å²) in [4.78, 5) is 20.6. The van der Waals surface area contributed by atoms with E-state index in [1.54, 1.807) is 6.92 Å². The van der Waals surface area contributed by atoms with E-state index in [0.29, 0.717) is 5.57 Å². The summed E-state index contributed by atoms with van der Waals surface area (Å²) in [6.45, 7) is 12.1. The molecule has 0 aromatic rings. The van der Waals surface area contributed by atoms with Gasteiger partial charge in [0.2, 0.25) is 0 Å². The lowest BCUT2D eigenvalue weighted by atomic mass is 10.3. The van der Waals surface area contributed by atoms with Crippen molar-refractivity contribution in [3.63, 3.8) is 0 Å². The Morgan fingerprint density at radius 3 is 2.12 bits per heavy atom. The molecule has 0 amide bonds. The van der Waals surface area contributed by atoms with Crippen LogP contribution in [0.3, 0.4) is 0 Å². The zero-order chi connectivity index (χ0) is 13.1. The van der Waals surface area contributed by atoms with Crippen LogP contribution < -0.4 is 0 Å². The molecule has 4 heteroatoms. The van der Waals surface area contributed by atoms with Crippen molar-refractivity contribution in [2.75, 3.05) is 7.11 Å². The second-order valence-electron chi connectivity index (χ2n) is 3.13. The minimum absolute atomic E-state index is 0.00389. The van der Waals surface area contributed by atoms with Crippen LogP contribution in [0, 0.1) is 0 Å². The molecule has 0 radical (unpaired) electrons. The molecule has 0 aliphatic rings. The van der Waals surface area contributed by atoms with E-state index in [-0.39, 0.29) is 12.1 Å². The highest BCUT2D eigenvalue weighted by Crippen LogP contribution is 2.00. The van der Waals surface area contributed by atoms with E-state index >= 15 is 0 Å². The average molecular weight is 228 g/mol. The summed E-state index contributed by atoms with van der Waals surface area (Å²) in [6, 6.07) is 0. The van der Waals surface area contributed by atoms with Gasteiger partial charge in [0.25, 0.3) is 0 Å². The highest BCUT2D eigenvalue weighted by molar-refractivity contribution is 5.87. The molecule has 0 aromatic heterocycles. The Labute approximate surface area is 96.9 Å². The van der Waals surface area contributed by atoms with Crippen LogP contribution in [0.2, 0.25) is 0 Å². The summed E-state index contributed by atoms with van der Waals surface area (Å²) in [6.07, 6.45) is 1.96. The Hall–Kier alpha value is -1.58. The monoisotopic (exact) mass is 228 g/mol. The summed E-state index contributed by atoms with van der Waals surface area (Å²) < 4.78 is 9.06. The van der Waals surface area contributed by atoms with E-state index < -0.39 is 5.97 Å². The van der Waals surface area contributed by atoms with Crippen molar-refractivity contribution in [2.24, 2.45) is 0 Å². The summed E-state index contributed by atoms with van der Waals surface area (Å²) in [5, 5.41) is 0. The number of esters is 2. The maximum Gasteiger partial charge on any atom is 0.333 e. The van der Waals surface area contributed by atoms with Gasteiger partial charge < -0.3 is 9.47 Å². The van der Waals surface area contributed by atoms with Gasteiger partial charge in [0.15, 0.2) is 0 Å². The van der Waals surface area contributed by atoms with E-state index in [1.807, 2.05) is 13.8 Å². The zero-order valence-electron chi connectivity index (χ0n) is 10.4. The SMILES string of the molecule is C=C(C)C(=O)OC(C)CC.C=CC(=O)OC. The first-order valence-electron chi connectivity index (χ1n) is 4.95. The van der Waals surface area contributed by atoms with E-state index in [0.717, 1.165) is 12.5 Å². The van der Waals surface area contributed by atoms with Gasteiger partial charge in [-0.1, -0.05) is 20.1 Å². The van der Waals surface area contributed by atoms with Gasteiger partial charge in [-0.15, -0.1) is 0 Å². The fraction of sp³-hybridized carbons (Fsp3) is 0.500. The molecule has 0 saturated heterocycles. The molecule has 1 atom stereocenters. The maximum atomic E-state index is 10.8. The molecule has 0 bridgehead atoms. The fourth-order valence-electron chi connectivity index (χ4n) is 0.450. The number of carbonyl (C=O) groups is 2. The number of rotatable bonds is 4. The molecule has 0 spiro atoms. The normalized spacial score (nSPS) is 10.2. The van der Waals surface area contributed by atoms with Crippen molar-refractivity contribution >= 4 is 11.9 Å². The fourth-order valence-corrected chi connectivity index (χ4v) is 0.450. The molecular formula is C12H20O4. The van der Waals surface area contributed by atoms with Crippen molar-refractivity contribution in [2.45, 2.75) is 33.3 Å². The van der Waals surface area contributed by atoms with Crippen LogP contribution in [0.15, 0.2) is 24.8 Å². The first-order chi connectivity index (χ1) is 7.38. The minimum atomic E-state index is -0.394. The van der Waals surface area contributed by atoms with Crippen molar-refractivity contribution in [1.82, 2.24) is 0 Å². The van der Waals surface area contributed by atoms with Gasteiger partial charge in [0, 0.05) is 11.6 Å². The molecule has 0 rings (SSSR count). The lowest BCUT2D eigenvalue weighted by molar-refractivity contribution is -0.143. The largest absolute Gasteiger partial charge is 0.466 e. The highest BCUT2D eigenvalue weighted by atomic mass is 16.5. The second-order valence-corrected chi connectivity index (χ2v) is 3.13. The van der Waals surface area contributed by atoms with Gasteiger partial charge in [-0.3, -0.25) is 0 Å². The molecule has 16 heavy (non-hydrogen) atoms. The van der Waals surface area contributed by atoms with Gasteiger partial charge in [-0.05, 0) is 20.3 Å². The molecule has 0 aliphatic heterocycles. The van der Waals surface area contributed by atoms with Crippen LogP contribution in [0.25, 0.3) is 0 Å². The van der Waals surface area contributed by atoms with Gasteiger partial charge in [-0.2, -0.15) is 0 Å². The predicted molar refractivity (Wildman–Crippen MR) is 62.9 cm³/mol. The molecule has 92 valence electrons. The molecular weight excluding hydrogens is 208 g/mol. The Bertz CT molecular complexity index is 256. The second kappa shape index (κ2) is 9.96. The maximum absolute atomic E-state index is 10.8. The quantitative estimate of drug-likeness (QED) is 0.547. The first-order valence-corrected chi connectivity index (χ1v) is 4.95. The van der Waals surface area contributed by atoms with E-state index in [9.17, 15) is 9.59 Å². The molecule has 4 nitrogen and oxygen atoms in total. The summed E-state index contributed by atoms with van der Waals surface area (Å²) >= 11 is 0. The van der Waals surface area contributed by atoms with Gasteiger partial charge in [0.05, 0.1) is 13.2 Å². The average Bonchev–Trinajstić information content (AvgIpc) is 2.28. The molecule has 0 fully saturated rings. The third-order valence-electron chi connectivity index (χ3n) is 1.60. The van der Waals surface area contributed by atoms with Crippen LogP contribution in [0.5, 0.6) is 0 Å². The van der Waals surface area contributed by atoms with Crippen LogP contribution in [-0.4, -0.2) is 25.2 Å². The van der Waals surface area contributed by atoms with E-state index in [2.05, 4.69) is 17.9 Å². The lowest BCUT2D eigenvalue weighted by Gasteiger charge is -2.09. The smallest absolute Gasteiger partial charge is 0.333 e. The molecule has 0 saturated carbocycles. The third-order valence-corrected chi connectivity index (χ3v) is 1.60. The summed E-state index contributed by atoms with van der Waals surface area (Å²) in [5.41, 5.74) is 0.459. The first kappa shape index (κ1) is 16.8. The van der Waals surface area contributed by atoms with Gasteiger partial charge >= 0.3 is 11.9 Å². The number of carbonyl (C=O) groups excluding carboxylic acids is 2. The Kier molecular flexibility index (Phi) is 10.5. The predicted octanol–water partition coefficient (Wildman–Crippen LogP) is 2.25. The number of hydrogen-bond donors (Lipinski definition) is 0. The molecule has 0 aliphatic carbocycles. The van der Waals surface area contributed by atoms with Crippen LogP contribution in [-0.2, 0) is 19.1 Å².